The highest BCUT2D eigenvalue weighted by atomic mass is 32.2. The Bertz CT molecular complexity index is 1370. The van der Waals surface area contributed by atoms with Crippen LogP contribution in [0.25, 0.3) is 0 Å². The zero-order chi connectivity index (χ0) is 25.5. The van der Waals surface area contributed by atoms with Crippen LogP contribution < -0.4 is 10.0 Å². The summed E-state index contributed by atoms with van der Waals surface area (Å²) in [7, 11) is -3.80. The summed E-state index contributed by atoms with van der Waals surface area (Å²) in [5, 5.41) is 12.5. The largest absolute Gasteiger partial charge is 0.325 e. The van der Waals surface area contributed by atoms with E-state index in [0.717, 1.165) is 36.9 Å². The molecule has 1 unspecified atom stereocenters. The topological polar surface area (TPSA) is 125 Å². The Hall–Kier alpha value is -3.42. The van der Waals surface area contributed by atoms with Gasteiger partial charge in [0.25, 0.3) is 10.0 Å². The van der Waals surface area contributed by atoms with E-state index in [0.29, 0.717) is 16.3 Å². The van der Waals surface area contributed by atoms with Crippen LogP contribution in [0.5, 0.6) is 0 Å². The molecule has 0 saturated heterocycles. The third-order valence-corrected chi connectivity index (χ3v) is 8.35. The summed E-state index contributed by atoms with van der Waals surface area (Å²) in [5.74, 6) is -0.0425. The first-order valence-corrected chi connectivity index (χ1v) is 14.2. The Kier molecular flexibility index (Phi) is 8.23. The van der Waals surface area contributed by atoms with Gasteiger partial charge < -0.3 is 5.32 Å². The molecule has 10 heteroatoms. The van der Waals surface area contributed by atoms with Gasteiger partial charge in [-0.2, -0.15) is 5.26 Å². The first-order chi connectivity index (χ1) is 17.4. The van der Waals surface area contributed by atoms with Gasteiger partial charge in [0, 0.05) is 17.6 Å². The molecule has 3 aromatic rings. The first-order valence-electron chi connectivity index (χ1n) is 11.8. The Morgan fingerprint density at radius 3 is 2.53 bits per heavy atom. The van der Waals surface area contributed by atoms with Crippen LogP contribution in [0, 0.1) is 11.3 Å². The number of aromatic nitrogens is 2. The van der Waals surface area contributed by atoms with Gasteiger partial charge in [-0.3, -0.25) is 9.52 Å². The van der Waals surface area contributed by atoms with E-state index in [9.17, 15) is 18.5 Å². The van der Waals surface area contributed by atoms with Crippen LogP contribution in [0.3, 0.4) is 0 Å². The second kappa shape index (κ2) is 11.5. The number of hydrogen-bond donors (Lipinski definition) is 2. The zero-order valence-electron chi connectivity index (χ0n) is 19.9. The van der Waals surface area contributed by atoms with Crippen molar-refractivity contribution in [2.75, 3.05) is 10.0 Å². The van der Waals surface area contributed by atoms with Crippen molar-refractivity contribution in [3.8, 4) is 6.07 Å². The van der Waals surface area contributed by atoms with E-state index in [1.807, 2.05) is 6.07 Å². The molecule has 4 rings (SSSR count). The van der Waals surface area contributed by atoms with Crippen molar-refractivity contribution in [2.24, 2.45) is 0 Å². The maximum Gasteiger partial charge on any atom is 0.263 e. The first kappa shape index (κ1) is 25.7. The minimum absolute atomic E-state index is 0.0530. The third kappa shape index (κ3) is 6.42. The molecule has 1 atom stereocenters. The number of nitrogens with zero attached hydrogens (tertiary/aromatic N) is 3. The standard InChI is InChI=1S/C26H27N5O3S2/c1-18(35-26-20(17-27)16-19-8-4-2-3-5-9-23(19)30-26)25(32)29-21-11-13-22(14-12-21)36(33,34)31-24-10-6-7-15-28-24/h6-7,10-16,18H,2-5,8-9H2,1H3,(H,28,31)(H,29,32). The summed E-state index contributed by atoms with van der Waals surface area (Å²) in [6, 6.07) is 15.0. The number of rotatable bonds is 7. The summed E-state index contributed by atoms with van der Waals surface area (Å²) >= 11 is 1.26. The molecule has 36 heavy (non-hydrogen) atoms. The quantitative estimate of drug-likeness (QED) is 0.422. The predicted molar refractivity (Wildman–Crippen MR) is 140 cm³/mol. The minimum Gasteiger partial charge on any atom is -0.325 e. The lowest BCUT2D eigenvalue weighted by Crippen LogP contribution is -2.23. The zero-order valence-corrected chi connectivity index (χ0v) is 21.5. The number of thioether (sulfide) groups is 1. The van der Waals surface area contributed by atoms with Gasteiger partial charge in [0.1, 0.15) is 16.9 Å². The fourth-order valence-electron chi connectivity index (χ4n) is 3.94. The molecule has 8 nitrogen and oxygen atoms in total. The molecule has 1 aliphatic rings. The SMILES string of the molecule is CC(Sc1nc2c(cc1C#N)CCCCCC2)C(=O)Nc1ccc(S(=O)(=O)Nc2ccccn2)cc1. The number of aryl methyl sites for hydroxylation is 2. The number of carbonyl (C=O) groups excluding carboxylic acids is 1. The van der Waals surface area contributed by atoms with Crippen LogP contribution in [0.1, 0.15) is 49.4 Å². The number of nitrogens with one attached hydrogen (secondary N) is 2. The second-order valence-electron chi connectivity index (χ2n) is 8.57. The second-order valence-corrected chi connectivity index (χ2v) is 11.6. The van der Waals surface area contributed by atoms with Crippen LogP contribution in [0.4, 0.5) is 11.5 Å². The number of carbonyl (C=O) groups is 1. The van der Waals surface area contributed by atoms with Crippen molar-refractivity contribution in [1.29, 1.82) is 5.26 Å². The van der Waals surface area contributed by atoms with Gasteiger partial charge in [-0.15, -0.1) is 0 Å². The van der Waals surface area contributed by atoms with Crippen LogP contribution >= 0.6 is 11.8 Å². The monoisotopic (exact) mass is 521 g/mol. The van der Waals surface area contributed by atoms with Crippen LogP contribution in [-0.2, 0) is 27.7 Å². The Morgan fingerprint density at radius 1 is 1.08 bits per heavy atom. The molecule has 2 aromatic heterocycles. The predicted octanol–water partition coefficient (Wildman–Crippen LogP) is 4.93. The summed E-state index contributed by atoms with van der Waals surface area (Å²) in [4.78, 5) is 21.6. The maximum atomic E-state index is 12.8. The fraction of sp³-hybridized carbons (Fsp3) is 0.308. The number of anilines is 2. The van der Waals surface area contributed by atoms with Gasteiger partial charge in [-0.1, -0.05) is 30.7 Å². The lowest BCUT2D eigenvalue weighted by molar-refractivity contribution is -0.115. The molecule has 0 radical (unpaired) electrons. The number of benzene rings is 1. The number of pyridine rings is 2. The van der Waals surface area contributed by atoms with Crippen molar-refractivity contribution >= 4 is 39.2 Å². The van der Waals surface area contributed by atoms with Crippen LogP contribution in [0.2, 0.25) is 0 Å². The number of hydrogen-bond acceptors (Lipinski definition) is 7. The molecule has 2 N–H and O–H groups in total. The Labute approximate surface area is 215 Å². The molecule has 1 amide bonds. The molecule has 186 valence electrons. The minimum atomic E-state index is -3.80. The van der Waals surface area contributed by atoms with Crippen LogP contribution in [0.15, 0.2) is 64.6 Å². The van der Waals surface area contributed by atoms with Gasteiger partial charge in [0.2, 0.25) is 5.91 Å². The molecular weight excluding hydrogens is 494 g/mol. The molecule has 2 heterocycles. The number of amides is 1. The molecule has 0 aliphatic heterocycles. The van der Waals surface area contributed by atoms with E-state index < -0.39 is 15.3 Å². The average molecular weight is 522 g/mol. The molecule has 0 bridgehead atoms. The average Bonchev–Trinajstić information content (AvgIpc) is 2.85. The van der Waals surface area contributed by atoms with Gasteiger partial charge in [-0.25, -0.2) is 18.4 Å². The normalized spacial score (nSPS) is 14.4. The van der Waals surface area contributed by atoms with Crippen molar-refractivity contribution in [3.05, 3.63) is 71.5 Å². The highest BCUT2D eigenvalue weighted by molar-refractivity contribution is 8.00. The van der Waals surface area contributed by atoms with Crippen LogP contribution in [-0.4, -0.2) is 29.5 Å². The Balaban J connectivity index is 1.42. The summed E-state index contributed by atoms with van der Waals surface area (Å²) in [6.45, 7) is 1.76. The lowest BCUT2D eigenvalue weighted by atomic mass is 9.96. The summed E-state index contributed by atoms with van der Waals surface area (Å²) in [6.07, 6.45) is 7.88. The maximum absolute atomic E-state index is 12.8. The van der Waals surface area contributed by atoms with Gasteiger partial charge >= 0.3 is 0 Å². The van der Waals surface area contributed by atoms with E-state index in [1.165, 1.54) is 55.1 Å². The highest BCUT2D eigenvalue weighted by Crippen LogP contribution is 2.30. The molecule has 0 spiro atoms. The van der Waals surface area contributed by atoms with E-state index in [1.54, 1.807) is 25.1 Å². The van der Waals surface area contributed by atoms with E-state index in [-0.39, 0.29) is 16.6 Å². The number of nitriles is 1. The van der Waals surface area contributed by atoms with Gasteiger partial charge in [0.15, 0.2) is 0 Å². The van der Waals surface area contributed by atoms with E-state index >= 15 is 0 Å². The number of sulfonamides is 1. The fourth-order valence-corrected chi connectivity index (χ4v) is 5.84. The van der Waals surface area contributed by atoms with Gasteiger partial charge in [0.05, 0.1) is 15.7 Å². The van der Waals surface area contributed by atoms with E-state index in [4.69, 9.17) is 4.98 Å². The molecule has 0 fully saturated rings. The smallest absolute Gasteiger partial charge is 0.263 e. The molecule has 1 aliphatic carbocycles. The van der Waals surface area contributed by atoms with Crippen molar-refractivity contribution in [2.45, 2.75) is 60.6 Å². The number of fused-ring (bicyclic) bond motifs is 1. The lowest BCUT2D eigenvalue weighted by Gasteiger charge is -2.17. The summed E-state index contributed by atoms with van der Waals surface area (Å²) < 4.78 is 27.6. The van der Waals surface area contributed by atoms with Crippen molar-refractivity contribution < 1.29 is 13.2 Å². The summed E-state index contributed by atoms with van der Waals surface area (Å²) in [5.41, 5.74) is 3.13. The molecule has 0 saturated carbocycles. The van der Waals surface area contributed by atoms with E-state index in [2.05, 4.69) is 21.1 Å². The molecule has 1 aromatic carbocycles. The molecular formula is C26H27N5O3S2. The highest BCUT2D eigenvalue weighted by Gasteiger charge is 2.21. The van der Waals surface area contributed by atoms with Crippen molar-refractivity contribution in [1.82, 2.24) is 9.97 Å². The third-order valence-electron chi connectivity index (χ3n) is 5.88. The van der Waals surface area contributed by atoms with Crippen molar-refractivity contribution in [3.63, 3.8) is 0 Å². The van der Waals surface area contributed by atoms with Gasteiger partial charge in [-0.05, 0) is 80.6 Å². The Morgan fingerprint density at radius 2 is 1.83 bits per heavy atom.